The summed E-state index contributed by atoms with van der Waals surface area (Å²) < 4.78 is 3.01. The van der Waals surface area contributed by atoms with Gasteiger partial charge in [0.1, 0.15) is 0 Å². The monoisotopic (exact) mass is 428 g/mol. The lowest BCUT2D eigenvalue weighted by Gasteiger charge is -2.17. The lowest BCUT2D eigenvalue weighted by atomic mass is 9.90. The van der Waals surface area contributed by atoms with Gasteiger partial charge in [0.25, 0.3) is 5.91 Å². The zero-order valence-electron chi connectivity index (χ0n) is 16.2. The molecule has 0 radical (unpaired) electrons. The largest absolute Gasteiger partial charge is 0.348 e. The highest BCUT2D eigenvalue weighted by Crippen LogP contribution is 2.28. The topological polar surface area (TPSA) is 51.1 Å². The van der Waals surface area contributed by atoms with E-state index < -0.39 is 0 Å². The van der Waals surface area contributed by atoms with E-state index in [9.17, 15) is 9.59 Å². The van der Waals surface area contributed by atoms with E-state index in [-0.39, 0.29) is 18.2 Å². The molecule has 1 aromatic carbocycles. The molecule has 1 aromatic heterocycles. The summed E-state index contributed by atoms with van der Waals surface area (Å²) in [6.07, 6.45) is 5.42. The van der Waals surface area contributed by atoms with Crippen molar-refractivity contribution in [3.63, 3.8) is 0 Å². The minimum absolute atomic E-state index is 0.109. The number of halogens is 1. The van der Waals surface area contributed by atoms with Crippen LogP contribution in [0.3, 0.4) is 0 Å². The summed E-state index contributed by atoms with van der Waals surface area (Å²) in [5.74, 6) is -0.0568. The van der Waals surface area contributed by atoms with Crippen molar-refractivity contribution in [2.24, 2.45) is 0 Å². The van der Waals surface area contributed by atoms with Crippen molar-refractivity contribution in [1.82, 2.24) is 9.88 Å². The van der Waals surface area contributed by atoms with E-state index in [1.807, 2.05) is 31.3 Å². The number of nitrogens with one attached hydrogen (secondary N) is 1. The number of hydrogen-bond donors (Lipinski definition) is 1. The third-order valence-electron chi connectivity index (χ3n) is 5.10. The molecule has 0 fully saturated rings. The van der Waals surface area contributed by atoms with Crippen LogP contribution in [0.25, 0.3) is 10.9 Å². The van der Waals surface area contributed by atoms with Crippen LogP contribution >= 0.6 is 15.9 Å². The number of ketones is 1. The molecule has 1 amide bonds. The summed E-state index contributed by atoms with van der Waals surface area (Å²) in [4.78, 5) is 25.3. The SMILES string of the molecule is CCC1=CC(C)=C(CNC(=O)c2cc(Br)cc3c2ccn3C(C)C)C(=O)C1. The van der Waals surface area contributed by atoms with Crippen LogP contribution in [0.2, 0.25) is 0 Å². The van der Waals surface area contributed by atoms with Crippen LogP contribution in [0.1, 0.15) is 56.9 Å². The molecule has 1 N–H and O–H groups in total. The molecule has 0 atom stereocenters. The molecule has 3 rings (SSSR count). The maximum atomic E-state index is 12.9. The number of carbonyl (C=O) groups is 2. The normalized spacial score (nSPS) is 14.9. The summed E-state index contributed by atoms with van der Waals surface area (Å²) in [7, 11) is 0. The quantitative estimate of drug-likeness (QED) is 0.698. The number of Topliss-reactive ketones (excluding diaryl/α,β-unsaturated/α-hetero) is 1. The van der Waals surface area contributed by atoms with Gasteiger partial charge in [0.05, 0.1) is 5.52 Å². The maximum Gasteiger partial charge on any atom is 0.252 e. The van der Waals surface area contributed by atoms with Gasteiger partial charge in [-0.2, -0.15) is 0 Å². The number of amides is 1. The fourth-order valence-electron chi connectivity index (χ4n) is 3.57. The van der Waals surface area contributed by atoms with Crippen molar-refractivity contribution < 1.29 is 9.59 Å². The van der Waals surface area contributed by atoms with Gasteiger partial charge < -0.3 is 9.88 Å². The Morgan fingerprint density at radius 1 is 1.33 bits per heavy atom. The molecular formula is C22H25BrN2O2. The van der Waals surface area contributed by atoms with E-state index in [1.54, 1.807) is 0 Å². The van der Waals surface area contributed by atoms with Gasteiger partial charge in [0.2, 0.25) is 0 Å². The molecule has 1 heterocycles. The number of carbonyl (C=O) groups excluding carboxylic acids is 2. The van der Waals surface area contributed by atoms with E-state index in [4.69, 9.17) is 0 Å². The number of benzene rings is 1. The first-order chi connectivity index (χ1) is 12.8. The van der Waals surface area contributed by atoms with E-state index in [2.05, 4.69) is 52.7 Å². The number of rotatable bonds is 5. The minimum atomic E-state index is -0.166. The Kier molecular flexibility index (Phi) is 5.70. The molecule has 0 unspecified atom stereocenters. The molecule has 1 aliphatic carbocycles. The molecule has 0 saturated carbocycles. The number of fused-ring (bicyclic) bond motifs is 1. The van der Waals surface area contributed by atoms with Crippen LogP contribution in [-0.2, 0) is 4.79 Å². The van der Waals surface area contributed by atoms with Gasteiger partial charge in [-0.25, -0.2) is 0 Å². The predicted octanol–water partition coefficient (Wildman–Crippen LogP) is 5.34. The first kappa shape index (κ1) is 19.6. The van der Waals surface area contributed by atoms with Crippen LogP contribution in [-0.4, -0.2) is 22.8 Å². The van der Waals surface area contributed by atoms with Gasteiger partial charge in [0, 0.05) is 46.2 Å². The Hall–Kier alpha value is -2.14. The highest BCUT2D eigenvalue weighted by atomic mass is 79.9. The summed E-state index contributed by atoms with van der Waals surface area (Å²) in [6.45, 7) is 8.48. The highest BCUT2D eigenvalue weighted by molar-refractivity contribution is 9.10. The number of aromatic nitrogens is 1. The molecule has 4 nitrogen and oxygen atoms in total. The summed E-state index contributed by atoms with van der Waals surface area (Å²) in [5, 5.41) is 3.86. The third-order valence-corrected chi connectivity index (χ3v) is 5.56. The van der Waals surface area contributed by atoms with Crippen molar-refractivity contribution in [2.45, 2.75) is 46.6 Å². The number of hydrogen-bond acceptors (Lipinski definition) is 2. The summed E-state index contributed by atoms with van der Waals surface area (Å²) >= 11 is 3.52. The van der Waals surface area contributed by atoms with Crippen LogP contribution in [0.5, 0.6) is 0 Å². The first-order valence-corrected chi connectivity index (χ1v) is 10.1. The van der Waals surface area contributed by atoms with Crippen molar-refractivity contribution in [3.8, 4) is 0 Å². The number of nitrogens with zero attached hydrogens (tertiary/aromatic N) is 1. The molecule has 0 aliphatic heterocycles. The molecule has 5 heteroatoms. The molecule has 0 bridgehead atoms. The van der Waals surface area contributed by atoms with E-state index in [0.717, 1.165) is 32.9 Å². The Bertz CT molecular complexity index is 980. The van der Waals surface area contributed by atoms with Crippen LogP contribution in [0.15, 0.2) is 51.7 Å². The standard InChI is InChI=1S/C22H25BrN2O2/c1-5-15-8-14(4)19(21(26)9-15)12-24-22(27)18-10-16(23)11-20-17(18)6-7-25(20)13(2)3/h6-8,10-11,13H,5,9,12H2,1-4H3,(H,24,27). The maximum absolute atomic E-state index is 12.9. The third kappa shape index (κ3) is 3.93. The molecular weight excluding hydrogens is 404 g/mol. The first-order valence-electron chi connectivity index (χ1n) is 9.32. The lowest BCUT2D eigenvalue weighted by Crippen LogP contribution is -2.29. The minimum Gasteiger partial charge on any atom is -0.348 e. The lowest BCUT2D eigenvalue weighted by molar-refractivity contribution is -0.115. The van der Waals surface area contributed by atoms with Crippen molar-refractivity contribution >= 4 is 38.5 Å². The fraction of sp³-hybridized carbons (Fsp3) is 0.364. The van der Waals surface area contributed by atoms with Gasteiger partial charge in [-0.3, -0.25) is 9.59 Å². The Morgan fingerprint density at radius 2 is 2.07 bits per heavy atom. The average molecular weight is 429 g/mol. The predicted molar refractivity (Wildman–Crippen MR) is 113 cm³/mol. The second kappa shape index (κ2) is 7.85. The molecule has 1 aliphatic rings. The molecule has 27 heavy (non-hydrogen) atoms. The summed E-state index contributed by atoms with van der Waals surface area (Å²) in [6, 6.07) is 6.14. The van der Waals surface area contributed by atoms with Gasteiger partial charge in [-0.1, -0.05) is 34.5 Å². The van der Waals surface area contributed by atoms with E-state index in [0.29, 0.717) is 23.6 Å². The average Bonchev–Trinajstić information content (AvgIpc) is 3.03. The smallest absolute Gasteiger partial charge is 0.252 e. The van der Waals surface area contributed by atoms with Gasteiger partial charge in [0.15, 0.2) is 5.78 Å². The van der Waals surface area contributed by atoms with Crippen molar-refractivity contribution in [2.75, 3.05) is 6.54 Å². The Morgan fingerprint density at radius 3 is 2.70 bits per heavy atom. The molecule has 142 valence electrons. The molecule has 0 saturated heterocycles. The molecule has 2 aromatic rings. The van der Waals surface area contributed by atoms with E-state index >= 15 is 0 Å². The van der Waals surface area contributed by atoms with Gasteiger partial charge >= 0.3 is 0 Å². The van der Waals surface area contributed by atoms with Crippen LogP contribution in [0, 0.1) is 0 Å². The van der Waals surface area contributed by atoms with Gasteiger partial charge in [-0.15, -0.1) is 0 Å². The van der Waals surface area contributed by atoms with Crippen molar-refractivity contribution in [1.29, 1.82) is 0 Å². The molecule has 0 spiro atoms. The Balaban J connectivity index is 1.87. The second-order valence-corrected chi connectivity index (χ2v) is 8.22. The van der Waals surface area contributed by atoms with Gasteiger partial charge in [-0.05, 0) is 51.0 Å². The summed E-state index contributed by atoms with van der Waals surface area (Å²) in [5.41, 5.74) is 4.44. The zero-order valence-corrected chi connectivity index (χ0v) is 17.8. The van der Waals surface area contributed by atoms with Crippen molar-refractivity contribution in [3.05, 3.63) is 57.2 Å². The Labute approximate surface area is 168 Å². The van der Waals surface area contributed by atoms with Crippen LogP contribution in [0.4, 0.5) is 0 Å². The van der Waals surface area contributed by atoms with Crippen LogP contribution < -0.4 is 5.32 Å². The highest BCUT2D eigenvalue weighted by Gasteiger charge is 2.20. The fourth-order valence-corrected chi connectivity index (χ4v) is 4.02. The zero-order chi connectivity index (χ0) is 19.7. The van der Waals surface area contributed by atoms with E-state index in [1.165, 1.54) is 0 Å². The number of allylic oxidation sites excluding steroid dienone is 3. The second-order valence-electron chi connectivity index (χ2n) is 7.30.